The molecule has 0 unspecified atom stereocenters. The van der Waals surface area contributed by atoms with Gasteiger partial charge in [0.05, 0.1) is 15.5 Å². The first-order chi connectivity index (χ1) is 12.3. The minimum absolute atomic E-state index is 0.0845. The van der Waals surface area contributed by atoms with E-state index in [9.17, 15) is 16.8 Å². The van der Waals surface area contributed by atoms with Crippen LogP contribution in [0.1, 0.15) is 0 Å². The molecule has 8 heteroatoms. The minimum Gasteiger partial charge on any atom is -0.398 e. The van der Waals surface area contributed by atoms with E-state index in [2.05, 4.69) is 0 Å². The quantitative estimate of drug-likeness (QED) is 0.532. The molecule has 0 bridgehead atoms. The molecule has 0 saturated carbocycles. The van der Waals surface area contributed by atoms with Crippen LogP contribution in [0.15, 0.2) is 93.5 Å². The molecule has 134 valence electrons. The van der Waals surface area contributed by atoms with Crippen molar-refractivity contribution >= 4 is 25.6 Å². The third kappa shape index (κ3) is 3.56. The van der Waals surface area contributed by atoms with Crippen molar-refractivity contribution in [2.24, 2.45) is 0 Å². The summed E-state index contributed by atoms with van der Waals surface area (Å²) in [6, 6.07) is 18.9. The van der Waals surface area contributed by atoms with E-state index < -0.39 is 20.0 Å². The molecule has 0 radical (unpaired) electrons. The zero-order chi connectivity index (χ0) is 18.8. The molecule has 3 aromatic carbocycles. The van der Waals surface area contributed by atoms with Crippen molar-refractivity contribution in [2.45, 2.75) is 14.7 Å². The number of rotatable bonds is 5. The van der Waals surface area contributed by atoms with Gasteiger partial charge < -0.3 is 9.92 Å². The van der Waals surface area contributed by atoms with Gasteiger partial charge in [0, 0.05) is 0 Å². The van der Waals surface area contributed by atoms with Gasteiger partial charge in [-0.3, -0.25) is 0 Å². The Morgan fingerprint density at radius 2 is 1.31 bits per heavy atom. The van der Waals surface area contributed by atoms with Crippen molar-refractivity contribution in [3.63, 3.8) is 0 Å². The number of para-hydroxylation sites is 2. The Balaban J connectivity index is 2.02. The van der Waals surface area contributed by atoms with E-state index in [0.29, 0.717) is 0 Å². The maximum atomic E-state index is 12.8. The van der Waals surface area contributed by atoms with Crippen molar-refractivity contribution in [3.05, 3.63) is 78.9 Å². The molecule has 0 saturated heterocycles. The second-order valence-corrected chi connectivity index (χ2v) is 8.83. The van der Waals surface area contributed by atoms with Gasteiger partial charge in [0.25, 0.3) is 0 Å². The van der Waals surface area contributed by atoms with Gasteiger partial charge in [0.1, 0.15) is 10.6 Å². The fourth-order valence-corrected chi connectivity index (χ4v) is 4.78. The molecule has 2 N–H and O–H groups in total. The lowest BCUT2D eigenvalue weighted by molar-refractivity contribution is 0.486. The smallest absolute Gasteiger partial charge is 0.339 e. The SMILES string of the molecule is Nc1ccccc1S(=O)(=O)c1cccc(S(=O)(=O)Oc2ccccc2)c1. The predicted octanol–water partition coefficient (Wildman–Crippen LogP) is 2.87. The van der Waals surface area contributed by atoms with Gasteiger partial charge in [-0.1, -0.05) is 36.4 Å². The van der Waals surface area contributed by atoms with Crippen molar-refractivity contribution in [1.82, 2.24) is 0 Å². The fourth-order valence-electron chi connectivity index (χ4n) is 2.30. The number of sulfone groups is 1. The number of anilines is 1. The highest BCUT2D eigenvalue weighted by atomic mass is 32.2. The topological polar surface area (TPSA) is 104 Å². The highest BCUT2D eigenvalue weighted by Crippen LogP contribution is 2.27. The van der Waals surface area contributed by atoms with Crippen molar-refractivity contribution < 1.29 is 21.0 Å². The maximum Gasteiger partial charge on any atom is 0.339 e. The predicted molar refractivity (Wildman–Crippen MR) is 97.0 cm³/mol. The average molecular weight is 389 g/mol. The van der Waals surface area contributed by atoms with Crippen molar-refractivity contribution in [3.8, 4) is 5.75 Å². The molecular weight excluding hydrogens is 374 g/mol. The van der Waals surface area contributed by atoms with E-state index in [1.165, 1.54) is 42.5 Å². The maximum absolute atomic E-state index is 12.8. The zero-order valence-corrected chi connectivity index (χ0v) is 15.1. The number of hydrogen-bond donors (Lipinski definition) is 1. The van der Waals surface area contributed by atoms with Crippen LogP contribution in [0.5, 0.6) is 5.75 Å². The summed E-state index contributed by atoms with van der Waals surface area (Å²) >= 11 is 0. The van der Waals surface area contributed by atoms with E-state index in [0.717, 1.165) is 6.07 Å². The second kappa shape index (κ2) is 6.81. The largest absolute Gasteiger partial charge is 0.398 e. The zero-order valence-electron chi connectivity index (χ0n) is 13.4. The molecule has 0 amide bonds. The monoisotopic (exact) mass is 389 g/mol. The van der Waals surface area contributed by atoms with E-state index in [1.54, 1.807) is 30.3 Å². The summed E-state index contributed by atoms with van der Waals surface area (Å²) in [5, 5.41) is 0. The third-order valence-electron chi connectivity index (χ3n) is 3.56. The average Bonchev–Trinajstić information content (AvgIpc) is 2.62. The van der Waals surface area contributed by atoms with Crippen LogP contribution in [-0.4, -0.2) is 16.8 Å². The highest BCUT2D eigenvalue weighted by molar-refractivity contribution is 7.91. The Hall–Kier alpha value is -2.84. The van der Waals surface area contributed by atoms with Crippen LogP contribution < -0.4 is 9.92 Å². The molecule has 0 aliphatic rings. The molecule has 0 fully saturated rings. The van der Waals surface area contributed by atoms with Crippen LogP contribution in [0.25, 0.3) is 0 Å². The third-order valence-corrected chi connectivity index (χ3v) is 6.63. The van der Waals surface area contributed by atoms with Gasteiger partial charge in [-0.15, -0.1) is 0 Å². The van der Waals surface area contributed by atoms with Gasteiger partial charge in [0.2, 0.25) is 9.84 Å². The molecule has 26 heavy (non-hydrogen) atoms. The summed E-state index contributed by atoms with van der Waals surface area (Å²) in [5.74, 6) is 0.132. The summed E-state index contributed by atoms with van der Waals surface area (Å²) in [7, 11) is -8.15. The molecule has 3 rings (SSSR count). The fraction of sp³-hybridized carbons (Fsp3) is 0. The summed E-state index contributed by atoms with van der Waals surface area (Å²) in [5.41, 5.74) is 5.83. The minimum atomic E-state index is -4.18. The molecule has 0 heterocycles. The summed E-state index contributed by atoms with van der Waals surface area (Å²) in [6.45, 7) is 0. The Labute approximate surface area is 151 Å². The van der Waals surface area contributed by atoms with Gasteiger partial charge in [-0.25, -0.2) is 8.42 Å². The Bertz CT molecular complexity index is 1140. The highest BCUT2D eigenvalue weighted by Gasteiger charge is 2.24. The first kappa shape index (κ1) is 18.0. The lowest BCUT2D eigenvalue weighted by atomic mass is 10.3. The first-order valence-corrected chi connectivity index (χ1v) is 10.4. The summed E-state index contributed by atoms with van der Waals surface area (Å²) in [6.07, 6.45) is 0. The van der Waals surface area contributed by atoms with Gasteiger partial charge in [-0.2, -0.15) is 8.42 Å². The van der Waals surface area contributed by atoms with Crippen LogP contribution in [0.3, 0.4) is 0 Å². The summed E-state index contributed by atoms with van der Waals surface area (Å²) in [4.78, 5) is -0.538. The van der Waals surface area contributed by atoms with Crippen LogP contribution >= 0.6 is 0 Å². The van der Waals surface area contributed by atoms with E-state index in [4.69, 9.17) is 9.92 Å². The van der Waals surface area contributed by atoms with Gasteiger partial charge >= 0.3 is 10.1 Å². The second-order valence-electron chi connectivity index (χ2n) is 5.37. The Morgan fingerprint density at radius 3 is 2.00 bits per heavy atom. The molecule has 0 aliphatic carbocycles. The van der Waals surface area contributed by atoms with Crippen molar-refractivity contribution in [2.75, 3.05) is 5.73 Å². The molecular formula is C18H15NO5S2. The summed E-state index contributed by atoms with van der Waals surface area (Å²) < 4.78 is 55.5. The normalized spacial score (nSPS) is 11.8. The number of nitrogens with two attached hydrogens (primary N) is 1. The van der Waals surface area contributed by atoms with E-state index >= 15 is 0 Å². The molecule has 3 aromatic rings. The molecule has 0 aliphatic heterocycles. The number of nitrogen functional groups attached to an aromatic ring is 1. The van der Waals surface area contributed by atoms with Gasteiger partial charge in [-0.05, 0) is 42.5 Å². The van der Waals surface area contributed by atoms with Crippen LogP contribution in [0.2, 0.25) is 0 Å². The molecule has 6 nitrogen and oxygen atoms in total. The molecule has 0 atom stereocenters. The lowest BCUT2D eigenvalue weighted by Gasteiger charge is -2.10. The van der Waals surface area contributed by atoms with Crippen LogP contribution in [0, 0.1) is 0 Å². The molecule has 0 aromatic heterocycles. The standard InChI is InChI=1S/C18H15NO5S2/c19-17-11-4-5-12-18(17)25(20,21)15-9-6-10-16(13-15)26(22,23)24-14-7-2-1-3-8-14/h1-13H,19H2. The van der Waals surface area contributed by atoms with Crippen LogP contribution in [0.4, 0.5) is 5.69 Å². The van der Waals surface area contributed by atoms with E-state index in [-0.39, 0.29) is 26.1 Å². The number of hydrogen-bond acceptors (Lipinski definition) is 6. The molecule has 0 spiro atoms. The van der Waals surface area contributed by atoms with E-state index in [1.807, 2.05) is 0 Å². The van der Waals surface area contributed by atoms with Gasteiger partial charge in [0.15, 0.2) is 0 Å². The van der Waals surface area contributed by atoms with Crippen molar-refractivity contribution in [1.29, 1.82) is 0 Å². The Morgan fingerprint density at radius 1 is 0.692 bits per heavy atom. The Kier molecular flexibility index (Phi) is 4.71. The first-order valence-electron chi connectivity index (χ1n) is 7.50. The van der Waals surface area contributed by atoms with Crippen LogP contribution in [-0.2, 0) is 20.0 Å². The lowest BCUT2D eigenvalue weighted by Crippen LogP contribution is -2.11. The number of benzene rings is 3.